The summed E-state index contributed by atoms with van der Waals surface area (Å²) in [5.74, 6) is 0.845. The summed E-state index contributed by atoms with van der Waals surface area (Å²) >= 11 is 18.1. The normalized spacial score (nSPS) is 10.5. The summed E-state index contributed by atoms with van der Waals surface area (Å²) in [7, 11) is 0. The Labute approximate surface area is 154 Å². The number of hydrogen-bond donors (Lipinski definition) is 2. The van der Waals surface area contributed by atoms with Crippen LogP contribution in [0.2, 0.25) is 15.1 Å². The van der Waals surface area contributed by atoms with Crippen molar-refractivity contribution in [3.63, 3.8) is 0 Å². The van der Waals surface area contributed by atoms with Crippen molar-refractivity contribution < 1.29 is 0 Å². The predicted octanol–water partition coefficient (Wildman–Crippen LogP) is 5.63. The molecule has 5 nitrogen and oxygen atoms in total. The number of nitrogens with one attached hydrogen (secondary N) is 2. The molecule has 0 spiro atoms. The van der Waals surface area contributed by atoms with Crippen LogP contribution in [0.5, 0.6) is 0 Å². The third kappa shape index (κ3) is 4.26. The van der Waals surface area contributed by atoms with Crippen molar-refractivity contribution in [3.05, 3.63) is 63.2 Å². The number of hydrogen-bond acceptors (Lipinski definition) is 5. The summed E-state index contributed by atoms with van der Waals surface area (Å²) in [6.07, 6.45) is 1.50. The van der Waals surface area contributed by atoms with Crippen LogP contribution in [0.3, 0.4) is 0 Å². The summed E-state index contributed by atoms with van der Waals surface area (Å²) in [5, 5.41) is 15.7. The van der Waals surface area contributed by atoms with E-state index in [1.54, 1.807) is 24.3 Å². The van der Waals surface area contributed by atoms with E-state index in [-0.39, 0.29) is 0 Å². The van der Waals surface area contributed by atoms with Crippen LogP contribution in [0.4, 0.5) is 23.1 Å². The van der Waals surface area contributed by atoms with Crippen molar-refractivity contribution in [2.75, 3.05) is 10.6 Å². The van der Waals surface area contributed by atoms with Gasteiger partial charge in [-0.25, -0.2) is 0 Å². The van der Waals surface area contributed by atoms with Gasteiger partial charge in [0, 0.05) is 26.4 Å². The minimum absolute atomic E-state index is 0.341. The highest BCUT2D eigenvalue weighted by Gasteiger charge is 2.05. The van der Waals surface area contributed by atoms with Gasteiger partial charge in [0.1, 0.15) is 0 Å². The molecular formula is C16H12Cl3N5. The molecule has 0 saturated heterocycles. The maximum atomic E-state index is 6.11. The second-order valence-corrected chi connectivity index (χ2v) is 6.32. The molecule has 0 saturated carbocycles. The second kappa shape index (κ2) is 7.21. The average molecular weight is 381 g/mol. The summed E-state index contributed by atoms with van der Waals surface area (Å²) in [5.41, 5.74) is 2.47. The Balaban J connectivity index is 1.79. The van der Waals surface area contributed by atoms with Crippen molar-refractivity contribution in [2.45, 2.75) is 6.92 Å². The molecule has 1 heterocycles. The highest BCUT2D eigenvalue weighted by Crippen LogP contribution is 2.25. The highest BCUT2D eigenvalue weighted by atomic mass is 35.5. The van der Waals surface area contributed by atoms with Gasteiger partial charge in [-0.1, -0.05) is 40.9 Å². The lowest BCUT2D eigenvalue weighted by Crippen LogP contribution is -2.02. The predicted molar refractivity (Wildman–Crippen MR) is 99.0 cm³/mol. The van der Waals surface area contributed by atoms with E-state index in [1.165, 1.54) is 6.20 Å². The maximum Gasteiger partial charge on any atom is 0.249 e. The third-order valence-corrected chi connectivity index (χ3v) is 3.97. The first-order valence-corrected chi connectivity index (χ1v) is 8.09. The number of halogens is 3. The van der Waals surface area contributed by atoms with Gasteiger partial charge in [0.2, 0.25) is 5.95 Å². The molecule has 3 rings (SSSR count). The van der Waals surface area contributed by atoms with Crippen LogP contribution in [-0.4, -0.2) is 15.2 Å². The van der Waals surface area contributed by atoms with Crippen molar-refractivity contribution >= 4 is 57.9 Å². The van der Waals surface area contributed by atoms with Crippen molar-refractivity contribution in [2.24, 2.45) is 0 Å². The molecular weight excluding hydrogens is 369 g/mol. The molecule has 8 heteroatoms. The summed E-state index contributed by atoms with van der Waals surface area (Å²) in [6, 6.07) is 10.7. The first-order chi connectivity index (χ1) is 11.5. The van der Waals surface area contributed by atoms with E-state index in [0.717, 1.165) is 11.3 Å². The van der Waals surface area contributed by atoms with Gasteiger partial charge in [-0.3, -0.25) is 0 Å². The number of nitrogens with zero attached hydrogens (tertiary/aromatic N) is 3. The van der Waals surface area contributed by atoms with Crippen LogP contribution in [0.15, 0.2) is 42.6 Å². The molecule has 2 aromatic carbocycles. The lowest BCUT2D eigenvalue weighted by molar-refractivity contribution is 0.982. The van der Waals surface area contributed by atoms with Gasteiger partial charge in [-0.15, -0.1) is 5.10 Å². The van der Waals surface area contributed by atoms with E-state index in [9.17, 15) is 0 Å². The molecule has 0 unspecified atom stereocenters. The third-order valence-electron chi connectivity index (χ3n) is 3.12. The molecule has 3 aromatic rings. The van der Waals surface area contributed by atoms with Crippen LogP contribution in [0.25, 0.3) is 0 Å². The number of aryl methyl sites for hydroxylation is 1. The Bertz CT molecular complexity index is 865. The van der Waals surface area contributed by atoms with Gasteiger partial charge in [0.05, 0.1) is 6.20 Å². The summed E-state index contributed by atoms with van der Waals surface area (Å²) in [4.78, 5) is 4.35. The lowest BCUT2D eigenvalue weighted by atomic mass is 10.2. The standard InChI is InChI=1S/C16H12Cl3N5/c1-9-2-3-12(7-14(9)19)22-16-23-15(8-20-24-16)21-13-5-10(17)4-11(18)6-13/h2-8H,1H3,(H2,21,22,23,24). The van der Waals surface area contributed by atoms with Crippen LogP contribution < -0.4 is 10.6 Å². The Morgan fingerprint density at radius 2 is 1.62 bits per heavy atom. The molecule has 0 aliphatic heterocycles. The van der Waals surface area contributed by atoms with E-state index in [4.69, 9.17) is 34.8 Å². The zero-order valence-electron chi connectivity index (χ0n) is 12.5. The fourth-order valence-corrected chi connectivity index (χ4v) is 2.70. The molecule has 0 fully saturated rings. The van der Waals surface area contributed by atoms with Crippen LogP contribution in [-0.2, 0) is 0 Å². The fraction of sp³-hybridized carbons (Fsp3) is 0.0625. The maximum absolute atomic E-state index is 6.11. The molecule has 0 radical (unpaired) electrons. The first-order valence-electron chi connectivity index (χ1n) is 6.95. The molecule has 24 heavy (non-hydrogen) atoms. The van der Waals surface area contributed by atoms with E-state index < -0.39 is 0 Å². The smallest absolute Gasteiger partial charge is 0.249 e. The topological polar surface area (TPSA) is 62.7 Å². The minimum atomic E-state index is 0.341. The molecule has 0 amide bonds. The fourth-order valence-electron chi connectivity index (χ4n) is 1.99. The Morgan fingerprint density at radius 1 is 0.875 bits per heavy atom. The van der Waals surface area contributed by atoms with Gasteiger partial charge in [0.15, 0.2) is 5.82 Å². The molecule has 2 N–H and O–H groups in total. The zero-order valence-corrected chi connectivity index (χ0v) is 14.8. The van der Waals surface area contributed by atoms with Crippen LogP contribution >= 0.6 is 34.8 Å². The monoisotopic (exact) mass is 379 g/mol. The van der Waals surface area contributed by atoms with Gasteiger partial charge in [-0.05, 0) is 42.8 Å². The van der Waals surface area contributed by atoms with E-state index in [1.807, 2.05) is 19.1 Å². The molecule has 0 aliphatic carbocycles. The van der Waals surface area contributed by atoms with E-state index in [2.05, 4.69) is 25.8 Å². The molecule has 1 aromatic heterocycles. The van der Waals surface area contributed by atoms with Gasteiger partial charge in [0.25, 0.3) is 0 Å². The lowest BCUT2D eigenvalue weighted by Gasteiger charge is -2.09. The quantitative estimate of drug-likeness (QED) is 0.614. The molecule has 0 atom stereocenters. The number of rotatable bonds is 4. The largest absolute Gasteiger partial charge is 0.339 e. The number of benzene rings is 2. The van der Waals surface area contributed by atoms with Gasteiger partial charge >= 0.3 is 0 Å². The number of anilines is 4. The first kappa shape index (κ1) is 16.8. The second-order valence-electron chi connectivity index (χ2n) is 5.04. The Morgan fingerprint density at radius 3 is 2.33 bits per heavy atom. The van der Waals surface area contributed by atoms with Gasteiger partial charge < -0.3 is 10.6 Å². The van der Waals surface area contributed by atoms with E-state index in [0.29, 0.717) is 32.5 Å². The summed E-state index contributed by atoms with van der Waals surface area (Å²) in [6.45, 7) is 1.94. The van der Waals surface area contributed by atoms with Crippen LogP contribution in [0, 0.1) is 6.92 Å². The number of aromatic nitrogens is 3. The molecule has 0 aliphatic rings. The van der Waals surface area contributed by atoms with Crippen molar-refractivity contribution in [1.29, 1.82) is 0 Å². The zero-order chi connectivity index (χ0) is 17.1. The Hall–Kier alpha value is -2.08. The van der Waals surface area contributed by atoms with Gasteiger partial charge in [-0.2, -0.15) is 10.1 Å². The average Bonchev–Trinajstić information content (AvgIpc) is 2.50. The minimum Gasteiger partial charge on any atom is -0.339 e. The molecule has 0 bridgehead atoms. The van der Waals surface area contributed by atoms with Crippen molar-refractivity contribution in [3.8, 4) is 0 Å². The highest BCUT2D eigenvalue weighted by molar-refractivity contribution is 6.35. The van der Waals surface area contributed by atoms with E-state index >= 15 is 0 Å². The Kier molecular flexibility index (Phi) is 5.04. The van der Waals surface area contributed by atoms with Crippen molar-refractivity contribution in [1.82, 2.24) is 15.2 Å². The van der Waals surface area contributed by atoms with Crippen LogP contribution in [0.1, 0.15) is 5.56 Å². The summed E-state index contributed by atoms with van der Waals surface area (Å²) < 4.78 is 0. The SMILES string of the molecule is Cc1ccc(Nc2nncc(Nc3cc(Cl)cc(Cl)c3)n2)cc1Cl. The molecule has 122 valence electrons.